The number of benzene rings is 1. The number of rotatable bonds is 6. The molecule has 8 nitrogen and oxygen atoms in total. The van der Waals surface area contributed by atoms with Gasteiger partial charge in [-0.15, -0.1) is 0 Å². The number of hydrogen-bond acceptors (Lipinski definition) is 4. The summed E-state index contributed by atoms with van der Waals surface area (Å²) in [5.41, 5.74) is 1.96. The van der Waals surface area contributed by atoms with Gasteiger partial charge in [0.05, 0.1) is 17.7 Å². The van der Waals surface area contributed by atoms with Gasteiger partial charge in [0, 0.05) is 48.7 Å². The highest BCUT2D eigenvalue weighted by Crippen LogP contribution is 2.39. The Morgan fingerprint density at radius 2 is 1.91 bits per heavy atom. The first-order chi connectivity index (χ1) is 14.8. The molecule has 2 unspecified atom stereocenters. The van der Waals surface area contributed by atoms with E-state index in [2.05, 4.69) is 31.2 Å². The molecule has 32 heavy (non-hydrogen) atoms. The smallest absolute Gasteiger partial charge is 0.407 e. The maximum atomic E-state index is 12.7. The van der Waals surface area contributed by atoms with Crippen LogP contribution in [0.15, 0.2) is 18.3 Å². The van der Waals surface area contributed by atoms with Crippen LogP contribution in [0.5, 0.6) is 0 Å². The van der Waals surface area contributed by atoms with Crippen LogP contribution in [-0.2, 0) is 11.3 Å². The summed E-state index contributed by atoms with van der Waals surface area (Å²) < 4.78 is 7.55. The molecule has 2 amide bonds. The van der Waals surface area contributed by atoms with Gasteiger partial charge in [-0.1, -0.05) is 20.8 Å². The number of carboxylic acid groups (broad SMARTS) is 1. The molecular weight excluding hydrogens is 408 g/mol. The van der Waals surface area contributed by atoms with Crippen molar-refractivity contribution in [1.82, 2.24) is 20.0 Å². The van der Waals surface area contributed by atoms with Crippen LogP contribution >= 0.6 is 0 Å². The second-order valence-electron chi connectivity index (χ2n) is 10.7. The summed E-state index contributed by atoms with van der Waals surface area (Å²) in [5.74, 6) is 0.0739. The Bertz CT molecular complexity index is 1000. The van der Waals surface area contributed by atoms with E-state index in [0.29, 0.717) is 31.8 Å². The van der Waals surface area contributed by atoms with Crippen LogP contribution in [0.1, 0.15) is 57.5 Å². The molecule has 0 aliphatic carbocycles. The number of aromatic nitrogens is 2. The first-order valence-corrected chi connectivity index (χ1v) is 11.2. The highest BCUT2D eigenvalue weighted by Gasteiger charge is 2.48. The highest BCUT2D eigenvalue weighted by atomic mass is 16.5. The third-order valence-electron chi connectivity index (χ3n) is 5.94. The summed E-state index contributed by atoms with van der Waals surface area (Å²) in [5, 5.41) is 18.0. The van der Waals surface area contributed by atoms with Gasteiger partial charge in [0.1, 0.15) is 0 Å². The first kappa shape index (κ1) is 24.0. The van der Waals surface area contributed by atoms with Gasteiger partial charge in [0.25, 0.3) is 5.91 Å². The van der Waals surface area contributed by atoms with Crippen molar-refractivity contribution in [2.24, 2.45) is 11.3 Å². The van der Waals surface area contributed by atoms with Crippen molar-refractivity contribution in [1.29, 1.82) is 0 Å². The predicted molar refractivity (Wildman–Crippen MR) is 124 cm³/mol. The van der Waals surface area contributed by atoms with Gasteiger partial charge in [0.15, 0.2) is 0 Å². The number of likely N-dealkylation sites (tertiary alicyclic amines) is 1. The third-order valence-corrected chi connectivity index (χ3v) is 5.94. The average Bonchev–Trinajstić information content (AvgIpc) is 3.03. The fraction of sp³-hybridized carbons (Fsp3) is 0.625. The Hall–Kier alpha value is -2.61. The van der Waals surface area contributed by atoms with E-state index in [1.165, 1.54) is 4.90 Å². The summed E-state index contributed by atoms with van der Waals surface area (Å²) >= 11 is 0. The molecule has 1 aliphatic heterocycles. The number of nitrogens with one attached hydrogen (secondary N) is 1. The molecule has 2 heterocycles. The van der Waals surface area contributed by atoms with Crippen LogP contribution in [0.2, 0.25) is 0 Å². The molecule has 176 valence electrons. The molecule has 0 spiro atoms. The van der Waals surface area contributed by atoms with Crippen LogP contribution in [-0.4, -0.2) is 63.1 Å². The monoisotopic (exact) mass is 444 g/mol. The topological polar surface area (TPSA) is 96.7 Å². The second-order valence-corrected chi connectivity index (χ2v) is 10.7. The van der Waals surface area contributed by atoms with Crippen LogP contribution in [0.3, 0.4) is 0 Å². The van der Waals surface area contributed by atoms with Gasteiger partial charge in [-0.3, -0.25) is 9.48 Å². The van der Waals surface area contributed by atoms with E-state index in [1.54, 1.807) is 0 Å². The Balaban J connectivity index is 1.71. The lowest BCUT2D eigenvalue weighted by atomic mass is 9.72. The fourth-order valence-corrected chi connectivity index (χ4v) is 4.59. The Labute approximate surface area is 189 Å². The Morgan fingerprint density at radius 3 is 2.50 bits per heavy atom. The minimum absolute atomic E-state index is 0.0509. The van der Waals surface area contributed by atoms with Crippen molar-refractivity contribution in [3.05, 3.63) is 29.5 Å². The van der Waals surface area contributed by atoms with Crippen LogP contribution in [0.25, 0.3) is 10.9 Å². The number of fused-ring (bicyclic) bond motifs is 1. The molecule has 1 aromatic heterocycles. The lowest BCUT2D eigenvalue weighted by molar-refractivity contribution is -0.0424. The number of ether oxygens (including phenoxy) is 1. The zero-order valence-electron chi connectivity index (χ0n) is 20.2. The normalized spacial score (nSPS) is 19.2. The van der Waals surface area contributed by atoms with Crippen LogP contribution in [0.4, 0.5) is 4.79 Å². The number of nitrogens with zero attached hydrogens (tertiary/aromatic N) is 3. The number of aryl methyl sites for hydroxylation is 1. The van der Waals surface area contributed by atoms with Crippen molar-refractivity contribution >= 4 is 22.9 Å². The highest BCUT2D eigenvalue weighted by molar-refractivity contribution is 6.00. The zero-order valence-corrected chi connectivity index (χ0v) is 20.2. The van der Waals surface area contributed by atoms with Gasteiger partial charge in [-0.25, -0.2) is 4.79 Å². The van der Waals surface area contributed by atoms with E-state index in [0.717, 1.165) is 16.5 Å². The quantitative estimate of drug-likeness (QED) is 0.659. The molecule has 8 heteroatoms. The Kier molecular flexibility index (Phi) is 6.56. The van der Waals surface area contributed by atoms with Crippen LogP contribution < -0.4 is 5.32 Å². The van der Waals surface area contributed by atoms with E-state index in [-0.39, 0.29) is 28.9 Å². The number of hydrogen-bond donors (Lipinski definition) is 2. The molecule has 0 saturated carbocycles. The molecule has 2 aromatic rings. The maximum Gasteiger partial charge on any atom is 0.407 e. The summed E-state index contributed by atoms with van der Waals surface area (Å²) in [6.07, 6.45) is 1.10. The lowest BCUT2D eigenvalue weighted by Crippen LogP contribution is -2.64. The molecule has 1 fully saturated rings. The zero-order chi connectivity index (χ0) is 23.8. The van der Waals surface area contributed by atoms with E-state index < -0.39 is 6.09 Å². The maximum absolute atomic E-state index is 12.7. The van der Waals surface area contributed by atoms with E-state index in [4.69, 9.17) is 4.74 Å². The van der Waals surface area contributed by atoms with Gasteiger partial charge in [-0.05, 0) is 50.8 Å². The number of amides is 2. The Morgan fingerprint density at radius 1 is 1.22 bits per heavy atom. The summed E-state index contributed by atoms with van der Waals surface area (Å²) in [4.78, 5) is 25.7. The third kappa shape index (κ3) is 5.23. The molecule has 1 aliphatic rings. The molecule has 2 atom stereocenters. The number of carbonyl (C=O) groups is 2. The van der Waals surface area contributed by atoms with E-state index in [9.17, 15) is 14.7 Å². The molecule has 1 saturated heterocycles. The molecule has 1 aromatic carbocycles. The van der Waals surface area contributed by atoms with Crippen molar-refractivity contribution < 1.29 is 19.4 Å². The lowest BCUT2D eigenvalue weighted by Gasteiger charge is -2.52. The molecular formula is C24H36N4O4. The van der Waals surface area contributed by atoms with Crippen molar-refractivity contribution in [3.8, 4) is 0 Å². The van der Waals surface area contributed by atoms with Crippen molar-refractivity contribution in [3.63, 3.8) is 0 Å². The van der Waals surface area contributed by atoms with Gasteiger partial charge < -0.3 is 20.1 Å². The predicted octanol–water partition coefficient (Wildman–Crippen LogP) is 3.91. The second kappa shape index (κ2) is 8.73. The van der Waals surface area contributed by atoms with Gasteiger partial charge >= 0.3 is 6.09 Å². The van der Waals surface area contributed by atoms with Gasteiger partial charge in [0.2, 0.25) is 0 Å². The van der Waals surface area contributed by atoms with E-state index >= 15 is 0 Å². The molecule has 3 rings (SSSR count). The summed E-state index contributed by atoms with van der Waals surface area (Å²) in [6.45, 7) is 16.2. The fourth-order valence-electron chi connectivity index (χ4n) is 4.59. The van der Waals surface area contributed by atoms with Crippen molar-refractivity contribution in [2.45, 2.75) is 66.7 Å². The number of carbonyl (C=O) groups excluding carboxylic acids is 1. The SMILES string of the molecule is Cc1c(C(=O)NCCOC(C)(C)C)ccc2nn(CC3CN(C(=O)O)C3C(C)(C)C)cc12. The van der Waals surface area contributed by atoms with Gasteiger partial charge in [-0.2, -0.15) is 5.10 Å². The average molecular weight is 445 g/mol. The van der Waals surface area contributed by atoms with Crippen molar-refractivity contribution in [2.75, 3.05) is 19.7 Å². The summed E-state index contributed by atoms with van der Waals surface area (Å²) in [7, 11) is 0. The molecule has 2 N–H and O–H groups in total. The molecule has 0 radical (unpaired) electrons. The largest absolute Gasteiger partial charge is 0.465 e. The first-order valence-electron chi connectivity index (χ1n) is 11.2. The minimum atomic E-state index is -0.869. The minimum Gasteiger partial charge on any atom is -0.465 e. The standard InChI is InChI=1S/C24H36N4O4/c1-15-17(21(29)25-10-11-32-24(5,6)7)8-9-19-18(15)14-27(26-19)12-16-13-28(22(30)31)20(16)23(2,3)4/h8-9,14,16,20H,10-13H2,1-7H3,(H,25,29)(H,30,31). The van der Waals surface area contributed by atoms with E-state index in [1.807, 2.05) is 50.7 Å². The summed E-state index contributed by atoms with van der Waals surface area (Å²) in [6, 6.07) is 3.62. The molecule has 0 bridgehead atoms. The van der Waals surface area contributed by atoms with Crippen LogP contribution in [0, 0.1) is 18.3 Å².